The van der Waals surface area contributed by atoms with Crippen LogP contribution in [0.1, 0.15) is 24.2 Å². The lowest BCUT2D eigenvalue weighted by atomic mass is 10.0. The molecule has 1 amide bonds. The fourth-order valence-corrected chi connectivity index (χ4v) is 1.48. The van der Waals surface area contributed by atoms with Crippen LogP contribution in [0.2, 0.25) is 0 Å². The molecule has 0 bridgehead atoms. The first-order valence-corrected chi connectivity index (χ1v) is 6.00. The maximum Gasteiger partial charge on any atom is 0.251 e. The first-order valence-electron chi connectivity index (χ1n) is 6.00. The third kappa shape index (κ3) is 3.70. The number of aliphatic hydroxyl groups excluding tert-OH is 1. The number of amides is 1. The minimum absolute atomic E-state index is 0.0605. The summed E-state index contributed by atoms with van der Waals surface area (Å²) in [5.74, 6) is 0.732. The van der Waals surface area contributed by atoms with Gasteiger partial charge in [-0.1, -0.05) is 13.8 Å². The number of aromatic nitrogens is 1. The van der Waals surface area contributed by atoms with Crippen molar-refractivity contribution in [2.45, 2.75) is 19.9 Å². The van der Waals surface area contributed by atoms with Gasteiger partial charge in [0.2, 0.25) is 0 Å². The highest BCUT2D eigenvalue weighted by Crippen LogP contribution is 2.10. The van der Waals surface area contributed by atoms with Crippen molar-refractivity contribution >= 4 is 11.7 Å². The topological polar surface area (TPSA) is 65.5 Å². The van der Waals surface area contributed by atoms with Gasteiger partial charge >= 0.3 is 0 Å². The van der Waals surface area contributed by atoms with Crippen molar-refractivity contribution in [3.8, 4) is 0 Å². The van der Waals surface area contributed by atoms with Crippen LogP contribution in [0.3, 0.4) is 0 Å². The van der Waals surface area contributed by atoms with Crippen molar-refractivity contribution in [3.05, 3.63) is 23.9 Å². The number of hydrogen-bond acceptors (Lipinski definition) is 4. The van der Waals surface area contributed by atoms with Gasteiger partial charge in [-0.25, -0.2) is 4.98 Å². The molecule has 0 spiro atoms. The Kier molecular flexibility index (Phi) is 5.09. The van der Waals surface area contributed by atoms with E-state index in [0.717, 1.165) is 5.82 Å². The second-order valence-corrected chi connectivity index (χ2v) is 4.80. The van der Waals surface area contributed by atoms with E-state index in [-0.39, 0.29) is 24.5 Å². The van der Waals surface area contributed by atoms with Crippen LogP contribution in [0.5, 0.6) is 0 Å². The molecule has 0 aliphatic carbocycles. The fourth-order valence-electron chi connectivity index (χ4n) is 1.48. The lowest BCUT2D eigenvalue weighted by molar-refractivity contribution is 0.0897. The third-order valence-corrected chi connectivity index (χ3v) is 2.78. The largest absolute Gasteiger partial charge is 0.394 e. The molecule has 0 aromatic carbocycles. The van der Waals surface area contributed by atoms with Crippen molar-refractivity contribution in [1.82, 2.24) is 10.3 Å². The zero-order chi connectivity index (χ0) is 13.7. The Morgan fingerprint density at radius 3 is 2.67 bits per heavy atom. The van der Waals surface area contributed by atoms with Gasteiger partial charge in [-0.05, 0) is 18.1 Å². The van der Waals surface area contributed by atoms with Crippen LogP contribution in [0, 0.1) is 5.92 Å². The molecule has 100 valence electrons. The summed E-state index contributed by atoms with van der Waals surface area (Å²) in [4.78, 5) is 18.0. The summed E-state index contributed by atoms with van der Waals surface area (Å²) in [5, 5.41) is 12.0. The average Bonchev–Trinajstić information content (AvgIpc) is 2.35. The van der Waals surface area contributed by atoms with Crippen LogP contribution in [0.25, 0.3) is 0 Å². The summed E-state index contributed by atoms with van der Waals surface area (Å²) in [5.41, 5.74) is 0.549. The molecule has 0 saturated carbocycles. The molecule has 0 aliphatic heterocycles. The molecule has 18 heavy (non-hydrogen) atoms. The zero-order valence-electron chi connectivity index (χ0n) is 11.3. The number of carbonyl (C=O) groups is 1. The molecule has 1 atom stereocenters. The van der Waals surface area contributed by atoms with Crippen molar-refractivity contribution in [3.63, 3.8) is 0 Å². The molecular formula is C13H21N3O2. The number of carbonyl (C=O) groups excluding carboxylic acids is 1. The molecule has 0 fully saturated rings. The first kappa shape index (κ1) is 14.4. The Hall–Kier alpha value is -1.62. The summed E-state index contributed by atoms with van der Waals surface area (Å²) in [6, 6.07) is 3.16. The number of rotatable bonds is 5. The van der Waals surface area contributed by atoms with Gasteiger partial charge in [0.1, 0.15) is 5.82 Å². The van der Waals surface area contributed by atoms with Gasteiger partial charge in [-0.15, -0.1) is 0 Å². The molecule has 1 aromatic rings. The van der Waals surface area contributed by atoms with E-state index < -0.39 is 0 Å². The number of nitrogens with one attached hydrogen (secondary N) is 1. The lowest BCUT2D eigenvalue weighted by Crippen LogP contribution is -2.41. The summed E-state index contributed by atoms with van der Waals surface area (Å²) >= 11 is 0. The quantitative estimate of drug-likeness (QED) is 0.816. The molecule has 5 heteroatoms. The van der Waals surface area contributed by atoms with Gasteiger partial charge in [-0.3, -0.25) is 4.79 Å². The number of anilines is 1. The van der Waals surface area contributed by atoms with Gasteiger partial charge in [-0.2, -0.15) is 0 Å². The summed E-state index contributed by atoms with van der Waals surface area (Å²) in [6.07, 6.45) is 1.60. The van der Waals surface area contributed by atoms with Gasteiger partial charge < -0.3 is 15.3 Å². The van der Waals surface area contributed by atoms with Crippen molar-refractivity contribution in [2.24, 2.45) is 5.92 Å². The molecule has 2 N–H and O–H groups in total. The van der Waals surface area contributed by atoms with E-state index >= 15 is 0 Å². The van der Waals surface area contributed by atoms with Gasteiger partial charge in [0.05, 0.1) is 12.6 Å². The van der Waals surface area contributed by atoms with Gasteiger partial charge in [0, 0.05) is 25.9 Å². The van der Waals surface area contributed by atoms with Crippen molar-refractivity contribution in [1.29, 1.82) is 0 Å². The molecule has 5 nitrogen and oxygen atoms in total. The molecular weight excluding hydrogens is 230 g/mol. The molecule has 0 saturated heterocycles. The van der Waals surface area contributed by atoms with Crippen LogP contribution in [0.4, 0.5) is 5.82 Å². The number of hydrogen-bond donors (Lipinski definition) is 2. The summed E-state index contributed by atoms with van der Waals surface area (Å²) in [6.45, 7) is 3.85. The van der Waals surface area contributed by atoms with Crippen molar-refractivity contribution < 1.29 is 9.90 Å². The first-order chi connectivity index (χ1) is 8.45. The lowest BCUT2D eigenvalue weighted by Gasteiger charge is -2.20. The van der Waals surface area contributed by atoms with Crippen molar-refractivity contribution in [2.75, 3.05) is 25.6 Å². The number of nitrogens with zero attached hydrogens (tertiary/aromatic N) is 2. The SMILES string of the molecule is CC(C)C(CO)NC(=O)c1ccnc(N(C)C)c1. The van der Waals surface area contributed by atoms with Crippen LogP contribution >= 0.6 is 0 Å². The van der Waals surface area contributed by atoms with E-state index in [1.165, 1.54) is 0 Å². The van der Waals surface area contributed by atoms with E-state index in [9.17, 15) is 9.90 Å². The predicted molar refractivity (Wildman–Crippen MR) is 71.7 cm³/mol. The van der Waals surface area contributed by atoms with Gasteiger partial charge in [0.15, 0.2) is 0 Å². The highest BCUT2D eigenvalue weighted by molar-refractivity contribution is 5.95. The highest BCUT2D eigenvalue weighted by atomic mass is 16.3. The predicted octanol–water partition coefficient (Wildman–Crippen LogP) is 0.894. The third-order valence-electron chi connectivity index (χ3n) is 2.78. The molecule has 1 unspecified atom stereocenters. The monoisotopic (exact) mass is 251 g/mol. The van der Waals surface area contributed by atoms with E-state index in [1.807, 2.05) is 32.8 Å². The standard InChI is InChI=1S/C13H21N3O2/c1-9(2)11(8-17)15-13(18)10-5-6-14-12(7-10)16(3)4/h5-7,9,11,17H,8H2,1-4H3,(H,15,18). The second kappa shape index (κ2) is 6.35. The van der Waals surface area contributed by atoms with Crippen LogP contribution in [0.15, 0.2) is 18.3 Å². The zero-order valence-corrected chi connectivity index (χ0v) is 11.3. The number of pyridine rings is 1. The van der Waals surface area contributed by atoms with Crippen LogP contribution < -0.4 is 10.2 Å². The Morgan fingerprint density at radius 1 is 1.50 bits per heavy atom. The second-order valence-electron chi connectivity index (χ2n) is 4.80. The maximum atomic E-state index is 12.0. The molecule has 1 heterocycles. The Labute approximate surface area is 108 Å². The normalized spacial score (nSPS) is 12.3. The van der Waals surface area contributed by atoms with E-state index in [4.69, 9.17) is 0 Å². The number of aliphatic hydroxyl groups is 1. The highest BCUT2D eigenvalue weighted by Gasteiger charge is 2.16. The molecule has 0 radical (unpaired) electrons. The minimum Gasteiger partial charge on any atom is -0.394 e. The average molecular weight is 251 g/mol. The Balaban J connectivity index is 2.81. The van der Waals surface area contributed by atoms with Crippen LogP contribution in [-0.4, -0.2) is 42.7 Å². The van der Waals surface area contributed by atoms with E-state index in [0.29, 0.717) is 5.56 Å². The van der Waals surface area contributed by atoms with E-state index in [1.54, 1.807) is 18.3 Å². The summed E-state index contributed by atoms with van der Waals surface area (Å²) < 4.78 is 0. The molecule has 1 aromatic heterocycles. The van der Waals surface area contributed by atoms with Gasteiger partial charge in [0.25, 0.3) is 5.91 Å². The minimum atomic E-state index is -0.228. The summed E-state index contributed by atoms with van der Waals surface area (Å²) in [7, 11) is 3.74. The van der Waals surface area contributed by atoms with Crippen LogP contribution in [-0.2, 0) is 0 Å². The molecule has 0 aliphatic rings. The van der Waals surface area contributed by atoms with E-state index in [2.05, 4.69) is 10.3 Å². The molecule has 1 rings (SSSR count). The fraction of sp³-hybridized carbons (Fsp3) is 0.538. The Morgan fingerprint density at radius 2 is 2.17 bits per heavy atom. The smallest absolute Gasteiger partial charge is 0.251 e. The Bertz CT molecular complexity index is 405. The maximum absolute atomic E-state index is 12.0.